The van der Waals surface area contributed by atoms with Gasteiger partial charge in [-0.25, -0.2) is 4.79 Å². The summed E-state index contributed by atoms with van der Waals surface area (Å²) >= 11 is 0. The molecule has 0 aliphatic heterocycles. The number of rotatable bonds is 8. The quantitative estimate of drug-likeness (QED) is 0.441. The van der Waals surface area contributed by atoms with Crippen molar-refractivity contribution in [1.82, 2.24) is 5.32 Å². The zero-order valence-corrected chi connectivity index (χ0v) is 16.0. The SMILES string of the molecule is CC(=O)NCCCc1ccc(C(=O)COC(=O)c2cc(C)ccc2C)cc1. The number of ether oxygens (including phenoxy) is 1. The fourth-order valence-electron chi connectivity index (χ4n) is 2.66. The Labute approximate surface area is 159 Å². The standard InChI is InChI=1S/C22H25NO4/c1-15-6-7-16(2)20(13-15)22(26)27-14-21(25)19-10-8-18(9-11-19)5-4-12-23-17(3)24/h6-11,13H,4-5,12,14H2,1-3H3,(H,23,24). The Balaban J connectivity index is 1.86. The van der Waals surface area contributed by atoms with Crippen LogP contribution in [0.3, 0.4) is 0 Å². The highest BCUT2D eigenvalue weighted by molar-refractivity contribution is 5.99. The van der Waals surface area contributed by atoms with Gasteiger partial charge in [0.15, 0.2) is 12.4 Å². The second-order valence-corrected chi connectivity index (χ2v) is 6.60. The highest BCUT2D eigenvalue weighted by Gasteiger charge is 2.14. The van der Waals surface area contributed by atoms with E-state index in [-0.39, 0.29) is 18.3 Å². The van der Waals surface area contributed by atoms with Crippen LogP contribution in [0.2, 0.25) is 0 Å². The van der Waals surface area contributed by atoms with Crippen LogP contribution < -0.4 is 5.32 Å². The number of amides is 1. The van der Waals surface area contributed by atoms with Gasteiger partial charge < -0.3 is 10.1 Å². The number of nitrogens with one attached hydrogen (secondary N) is 1. The monoisotopic (exact) mass is 367 g/mol. The number of hydrogen-bond acceptors (Lipinski definition) is 4. The van der Waals surface area contributed by atoms with Crippen molar-refractivity contribution in [1.29, 1.82) is 0 Å². The average Bonchev–Trinajstić information content (AvgIpc) is 2.65. The van der Waals surface area contributed by atoms with Gasteiger partial charge in [-0.2, -0.15) is 0 Å². The highest BCUT2D eigenvalue weighted by Crippen LogP contribution is 2.13. The van der Waals surface area contributed by atoms with Crippen molar-refractivity contribution in [3.8, 4) is 0 Å². The molecule has 1 amide bonds. The van der Waals surface area contributed by atoms with E-state index < -0.39 is 5.97 Å². The predicted molar refractivity (Wildman–Crippen MR) is 104 cm³/mol. The van der Waals surface area contributed by atoms with E-state index in [1.54, 1.807) is 18.2 Å². The molecule has 5 heteroatoms. The molecule has 2 aromatic carbocycles. The molecule has 0 radical (unpaired) electrons. The molecule has 2 rings (SSSR count). The summed E-state index contributed by atoms with van der Waals surface area (Å²) in [6, 6.07) is 12.8. The Morgan fingerprint density at radius 3 is 2.37 bits per heavy atom. The van der Waals surface area contributed by atoms with E-state index in [1.165, 1.54) is 6.92 Å². The topological polar surface area (TPSA) is 72.5 Å². The van der Waals surface area contributed by atoms with Crippen molar-refractivity contribution in [2.45, 2.75) is 33.6 Å². The number of esters is 1. The lowest BCUT2D eigenvalue weighted by Crippen LogP contribution is -2.21. The molecule has 0 aliphatic rings. The molecule has 0 bridgehead atoms. The minimum Gasteiger partial charge on any atom is -0.454 e. The molecule has 1 N–H and O–H groups in total. The minimum absolute atomic E-state index is 0.0358. The number of Topliss-reactive ketones (excluding diaryl/α,β-unsaturated/α-hetero) is 1. The fraction of sp³-hybridized carbons (Fsp3) is 0.318. The summed E-state index contributed by atoms with van der Waals surface area (Å²) < 4.78 is 5.18. The summed E-state index contributed by atoms with van der Waals surface area (Å²) in [5, 5.41) is 2.75. The molecule has 0 spiro atoms. The van der Waals surface area contributed by atoms with Gasteiger partial charge in [0.1, 0.15) is 0 Å². The molecule has 0 unspecified atom stereocenters. The van der Waals surface area contributed by atoms with Gasteiger partial charge in [-0.1, -0.05) is 42.0 Å². The summed E-state index contributed by atoms with van der Waals surface area (Å²) in [5.41, 5.74) is 3.87. The average molecular weight is 367 g/mol. The van der Waals surface area contributed by atoms with Crippen molar-refractivity contribution in [2.75, 3.05) is 13.2 Å². The summed E-state index contributed by atoms with van der Waals surface area (Å²) in [7, 11) is 0. The Kier molecular flexibility index (Phi) is 7.29. The second-order valence-electron chi connectivity index (χ2n) is 6.60. The van der Waals surface area contributed by atoms with Crippen LogP contribution in [0, 0.1) is 13.8 Å². The minimum atomic E-state index is -0.487. The molecule has 0 atom stereocenters. The molecule has 2 aromatic rings. The van der Waals surface area contributed by atoms with E-state index in [2.05, 4.69) is 5.32 Å². The van der Waals surface area contributed by atoms with Crippen molar-refractivity contribution in [2.24, 2.45) is 0 Å². The largest absolute Gasteiger partial charge is 0.454 e. The van der Waals surface area contributed by atoms with Crippen LogP contribution in [0.5, 0.6) is 0 Å². The lowest BCUT2D eigenvalue weighted by atomic mass is 10.0. The molecular formula is C22H25NO4. The van der Waals surface area contributed by atoms with Gasteiger partial charge >= 0.3 is 5.97 Å². The van der Waals surface area contributed by atoms with Gasteiger partial charge in [-0.15, -0.1) is 0 Å². The third-order valence-electron chi connectivity index (χ3n) is 4.24. The number of hydrogen-bond donors (Lipinski definition) is 1. The van der Waals surface area contributed by atoms with E-state index in [4.69, 9.17) is 4.74 Å². The van der Waals surface area contributed by atoms with Gasteiger partial charge in [0, 0.05) is 19.0 Å². The van der Waals surface area contributed by atoms with Crippen molar-refractivity contribution in [3.63, 3.8) is 0 Å². The van der Waals surface area contributed by atoms with E-state index in [0.717, 1.165) is 29.5 Å². The van der Waals surface area contributed by atoms with Crippen LogP contribution in [0.4, 0.5) is 0 Å². The molecule has 0 saturated heterocycles. The third-order valence-corrected chi connectivity index (χ3v) is 4.24. The van der Waals surface area contributed by atoms with Crippen LogP contribution in [0.1, 0.15) is 50.8 Å². The summed E-state index contributed by atoms with van der Waals surface area (Å²) in [4.78, 5) is 35.3. The fourth-order valence-corrected chi connectivity index (χ4v) is 2.66. The maximum atomic E-state index is 12.3. The highest BCUT2D eigenvalue weighted by atomic mass is 16.5. The maximum Gasteiger partial charge on any atom is 0.338 e. The smallest absolute Gasteiger partial charge is 0.338 e. The van der Waals surface area contributed by atoms with Crippen molar-refractivity contribution >= 4 is 17.7 Å². The van der Waals surface area contributed by atoms with Crippen LogP contribution in [0.25, 0.3) is 0 Å². The molecule has 0 saturated carbocycles. The van der Waals surface area contributed by atoms with Gasteiger partial charge in [0.05, 0.1) is 5.56 Å². The summed E-state index contributed by atoms with van der Waals surface area (Å²) in [5.74, 6) is -0.760. The Morgan fingerprint density at radius 1 is 1.00 bits per heavy atom. The van der Waals surface area contributed by atoms with E-state index in [0.29, 0.717) is 17.7 Å². The molecular weight excluding hydrogens is 342 g/mol. The van der Waals surface area contributed by atoms with Gasteiger partial charge in [-0.3, -0.25) is 9.59 Å². The lowest BCUT2D eigenvalue weighted by molar-refractivity contribution is -0.118. The molecule has 27 heavy (non-hydrogen) atoms. The van der Waals surface area contributed by atoms with Gasteiger partial charge in [-0.05, 0) is 43.9 Å². The van der Waals surface area contributed by atoms with Crippen LogP contribution in [-0.4, -0.2) is 30.8 Å². The molecule has 142 valence electrons. The van der Waals surface area contributed by atoms with E-state index in [9.17, 15) is 14.4 Å². The summed E-state index contributed by atoms with van der Waals surface area (Å²) in [6.45, 7) is 5.58. The molecule has 5 nitrogen and oxygen atoms in total. The van der Waals surface area contributed by atoms with Crippen LogP contribution in [-0.2, 0) is 16.0 Å². The first-order chi connectivity index (χ1) is 12.9. The van der Waals surface area contributed by atoms with Crippen LogP contribution in [0.15, 0.2) is 42.5 Å². The maximum absolute atomic E-state index is 12.3. The first kappa shape index (κ1) is 20.4. The molecule has 0 fully saturated rings. The lowest BCUT2D eigenvalue weighted by Gasteiger charge is -2.08. The normalized spacial score (nSPS) is 10.3. The molecule has 0 aromatic heterocycles. The van der Waals surface area contributed by atoms with E-state index >= 15 is 0 Å². The first-order valence-electron chi connectivity index (χ1n) is 8.98. The number of aryl methyl sites for hydroxylation is 3. The Hall–Kier alpha value is -2.95. The number of ketones is 1. The Morgan fingerprint density at radius 2 is 1.70 bits per heavy atom. The number of carbonyl (C=O) groups is 3. The second kappa shape index (κ2) is 9.67. The van der Waals surface area contributed by atoms with Gasteiger partial charge in [0.25, 0.3) is 0 Å². The number of carbonyl (C=O) groups excluding carboxylic acids is 3. The molecule has 0 heterocycles. The zero-order valence-electron chi connectivity index (χ0n) is 16.0. The molecule has 0 aliphatic carbocycles. The van der Waals surface area contributed by atoms with Crippen molar-refractivity contribution < 1.29 is 19.1 Å². The van der Waals surface area contributed by atoms with Crippen LogP contribution >= 0.6 is 0 Å². The van der Waals surface area contributed by atoms with Crippen molar-refractivity contribution in [3.05, 3.63) is 70.3 Å². The Bertz CT molecular complexity index is 825. The zero-order chi connectivity index (χ0) is 19.8. The predicted octanol–water partition coefficient (Wildman–Crippen LogP) is 3.41. The number of benzene rings is 2. The first-order valence-corrected chi connectivity index (χ1v) is 8.98. The summed E-state index contributed by atoms with van der Waals surface area (Å²) in [6.07, 6.45) is 1.65. The third kappa shape index (κ3) is 6.37. The van der Waals surface area contributed by atoms with E-state index in [1.807, 2.05) is 38.1 Å². The van der Waals surface area contributed by atoms with Gasteiger partial charge in [0.2, 0.25) is 5.91 Å².